The third-order valence-corrected chi connectivity index (χ3v) is 11.1. The molecule has 0 radical (unpaired) electrons. The van der Waals surface area contributed by atoms with Gasteiger partial charge in [0.15, 0.2) is 69.0 Å². The Labute approximate surface area is 389 Å². The molecule has 0 atom stereocenters. The van der Waals surface area contributed by atoms with Gasteiger partial charge in [-0.25, -0.2) is 0 Å². The van der Waals surface area contributed by atoms with Crippen molar-refractivity contribution in [2.24, 2.45) is 0 Å². The van der Waals surface area contributed by atoms with Gasteiger partial charge >= 0.3 is 0 Å². The van der Waals surface area contributed by atoms with Crippen LogP contribution in [0.3, 0.4) is 0 Å². The van der Waals surface area contributed by atoms with Crippen molar-refractivity contribution < 1.29 is 91.9 Å². The highest BCUT2D eigenvalue weighted by Gasteiger charge is 2.38. The van der Waals surface area contributed by atoms with Crippen molar-refractivity contribution in [2.75, 3.05) is 12.0 Å². The molecule has 0 saturated carbocycles. The average molecular weight is 944 g/mol. The number of benzene rings is 7. The van der Waals surface area contributed by atoms with Crippen molar-refractivity contribution in [3.63, 3.8) is 0 Å². The van der Waals surface area contributed by atoms with Crippen LogP contribution >= 0.6 is 0 Å². The Hall–Kier alpha value is -9.88. The van der Waals surface area contributed by atoms with Crippen LogP contribution in [0.2, 0.25) is 0 Å². The lowest BCUT2D eigenvalue weighted by Crippen LogP contribution is -2.12. The van der Waals surface area contributed by atoms with Crippen LogP contribution in [-0.4, -0.2) is 99.0 Å². The molecule has 0 unspecified atom stereocenters. The predicted molar refractivity (Wildman–Crippen MR) is 250 cm³/mol. The van der Waals surface area contributed by atoms with Crippen molar-refractivity contribution in [3.8, 4) is 119 Å². The van der Waals surface area contributed by atoms with Crippen LogP contribution < -0.4 is 4.90 Å². The molecule has 8 rings (SSSR count). The fourth-order valence-corrected chi connectivity index (χ4v) is 7.77. The van der Waals surface area contributed by atoms with E-state index in [0.717, 1.165) is 29.4 Å². The van der Waals surface area contributed by atoms with Gasteiger partial charge in [0.05, 0.1) is 23.1 Å². The fourth-order valence-electron chi connectivity index (χ4n) is 7.77. The van der Waals surface area contributed by atoms with Crippen LogP contribution in [0, 0.1) is 0 Å². The van der Waals surface area contributed by atoms with Crippen molar-refractivity contribution in [3.05, 3.63) is 138 Å². The second-order valence-corrected chi connectivity index (χ2v) is 15.1. The largest absolute Gasteiger partial charge is 0.512 e. The standard InChI is InChI=1S/C49H37NO17.CH4O/c51-27-18-28(35(53)36(54)29(52)19-27)30-37(55)43(61)33(44(62)38(30)56)50(34-45(63)39(57)31(40(58)46(34)64)32-41(59)47(65)49(67)48(66)42(32)60)26-13-11-22(12-14-26)25-16-23(20-7-3-1-4-8-20)15-24(17-25)21-9-5-2-6-10-21;1-2/h1-18,51-67H,19H2;2H,1H3. The van der Waals surface area contributed by atoms with Gasteiger partial charge < -0.3 is 91.9 Å². The Morgan fingerprint density at radius 2 is 0.667 bits per heavy atom. The zero-order valence-electron chi connectivity index (χ0n) is 35.6. The van der Waals surface area contributed by atoms with E-state index in [9.17, 15) is 86.8 Å². The Kier molecular flexibility index (Phi) is 12.4. The third-order valence-electron chi connectivity index (χ3n) is 11.1. The van der Waals surface area contributed by atoms with Crippen LogP contribution in [0.1, 0.15) is 12.0 Å². The Morgan fingerprint density at radius 3 is 1.06 bits per heavy atom. The molecular weight excluding hydrogens is 903 g/mol. The summed E-state index contributed by atoms with van der Waals surface area (Å²) in [5.41, 5.74) is -2.36. The number of phenolic OH excluding ortho intramolecular Hbond substituents is 13. The number of rotatable bonds is 8. The highest BCUT2D eigenvalue weighted by atomic mass is 16.4. The maximum atomic E-state index is 11.8. The van der Waals surface area contributed by atoms with E-state index in [1.165, 1.54) is 24.3 Å². The third kappa shape index (κ3) is 7.91. The zero-order valence-corrected chi connectivity index (χ0v) is 35.6. The SMILES string of the molecule is CO.OC1=CC(c2c(O)c(O)c(N(c3ccc(-c4cc(-c5ccccc5)cc(-c5ccccc5)c4)cc3)c3c(O)c(O)c(-c4c(O)c(O)c(O)c(O)c4O)c(O)c3O)c(O)c2O)=C(O)C(O)=C(O)C1. The van der Waals surface area contributed by atoms with E-state index in [1.54, 1.807) is 0 Å². The van der Waals surface area contributed by atoms with Gasteiger partial charge in [0.1, 0.15) is 22.9 Å². The molecule has 0 aromatic heterocycles. The minimum absolute atomic E-state index is 0.300. The molecule has 7 aromatic carbocycles. The lowest BCUT2D eigenvalue weighted by Gasteiger charge is -2.30. The second kappa shape index (κ2) is 18.2. The molecule has 69 heavy (non-hydrogen) atoms. The van der Waals surface area contributed by atoms with E-state index in [0.29, 0.717) is 22.1 Å². The Morgan fingerprint density at radius 1 is 0.333 bits per heavy atom. The highest BCUT2D eigenvalue weighted by Crippen LogP contribution is 2.66. The molecule has 0 heterocycles. The average Bonchev–Trinajstić information content (AvgIpc) is 3.46. The lowest BCUT2D eigenvalue weighted by molar-refractivity contribution is 0.272. The summed E-state index contributed by atoms with van der Waals surface area (Å²) in [4.78, 5) is 0.519. The molecule has 0 saturated heterocycles. The molecule has 0 bridgehead atoms. The van der Waals surface area contributed by atoms with Gasteiger partial charge in [-0.15, -0.1) is 0 Å². The minimum Gasteiger partial charge on any atom is -0.512 e. The number of hydrogen-bond donors (Lipinski definition) is 18. The summed E-state index contributed by atoms with van der Waals surface area (Å²) in [6.45, 7) is 0. The monoisotopic (exact) mass is 943 g/mol. The van der Waals surface area contributed by atoms with Crippen LogP contribution in [-0.2, 0) is 0 Å². The molecule has 354 valence electrons. The molecular formula is C50H41NO18. The first kappa shape index (κ1) is 47.1. The molecule has 19 nitrogen and oxygen atoms in total. The molecule has 0 amide bonds. The molecule has 1 aliphatic carbocycles. The number of aromatic hydroxyl groups is 13. The van der Waals surface area contributed by atoms with E-state index < -0.39 is 138 Å². The zero-order chi connectivity index (χ0) is 50.3. The number of nitrogens with zero attached hydrogens (tertiary/aromatic N) is 1. The first-order valence-corrected chi connectivity index (χ1v) is 20.1. The van der Waals surface area contributed by atoms with Gasteiger partial charge in [-0.05, 0) is 69.8 Å². The first-order chi connectivity index (χ1) is 32.8. The first-order valence-electron chi connectivity index (χ1n) is 20.1. The van der Waals surface area contributed by atoms with Gasteiger partial charge in [-0.1, -0.05) is 72.8 Å². The van der Waals surface area contributed by atoms with Gasteiger partial charge in [-0.2, -0.15) is 0 Å². The van der Waals surface area contributed by atoms with Crippen molar-refractivity contribution in [1.82, 2.24) is 0 Å². The summed E-state index contributed by atoms with van der Waals surface area (Å²) in [6.07, 6.45) is -0.0733. The van der Waals surface area contributed by atoms with Gasteiger partial charge in [0.2, 0.25) is 17.2 Å². The molecule has 7 aromatic rings. The Balaban J connectivity index is 0.00000347. The maximum absolute atomic E-state index is 11.8. The second-order valence-electron chi connectivity index (χ2n) is 15.1. The summed E-state index contributed by atoms with van der Waals surface area (Å²) in [5.74, 6) is -23.3. The predicted octanol–water partition coefficient (Wildman–Crippen LogP) is 9.05. The van der Waals surface area contributed by atoms with E-state index in [1.807, 2.05) is 78.9 Å². The number of hydrogen-bond acceptors (Lipinski definition) is 19. The quantitative estimate of drug-likeness (QED) is 0.0498. The number of allylic oxidation sites excluding steroid dienone is 2. The van der Waals surface area contributed by atoms with Crippen LogP contribution in [0.15, 0.2) is 132 Å². The van der Waals surface area contributed by atoms with Crippen molar-refractivity contribution in [1.29, 1.82) is 0 Å². The maximum Gasteiger partial charge on any atom is 0.208 e. The molecule has 1 aliphatic rings. The van der Waals surface area contributed by atoms with Crippen molar-refractivity contribution in [2.45, 2.75) is 6.42 Å². The normalized spacial score (nSPS) is 12.5. The summed E-state index contributed by atoms with van der Waals surface area (Å²) < 4.78 is 0. The molecule has 19 heteroatoms. The Bertz CT molecular complexity index is 3130. The van der Waals surface area contributed by atoms with E-state index >= 15 is 0 Å². The topological polar surface area (TPSA) is 367 Å². The minimum atomic E-state index is -1.53. The van der Waals surface area contributed by atoms with E-state index in [-0.39, 0.29) is 5.69 Å². The molecule has 0 spiro atoms. The van der Waals surface area contributed by atoms with Crippen molar-refractivity contribution >= 4 is 22.6 Å². The summed E-state index contributed by atoms with van der Waals surface area (Å²) >= 11 is 0. The number of aliphatic hydroxyl groups is 5. The molecule has 0 fully saturated rings. The van der Waals surface area contributed by atoms with E-state index in [2.05, 4.69) is 0 Å². The summed E-state index contributed by atoms with van der Waals surface area (Å²) in [6, 6.07) is 30.3. The van der Waals surface area contributed by atoms with Gasteiger partial charge in [0.25, 0.3) is 0 Å². The lowest BCUT2D eigenvalue weighted by atomic mass is 9.93. The summed E-state index contributed by atoms with van der Waals surface area (Å²) in [7, 11) is 1.00. The molecule has 0 aliphatic heterocycles. The fraction of sp³-hybridized carbons (Fsp3) is 0.0400. The van der Waals surface area contributed by atoms with Crippen LogP contribution in [0.25, 0.3) is 50.1 Å². The highest BCUT2D eigenvalue weighted by molar-refractivity contribution is 6.02. The number of phenols is 13. The molecule has 18 N–H and O–H groups in total. The van der Waals surface area contributed by atoms with Gasteiger partial charge in [0, 0.05) is 18.4 Å². The van der Waals surface area contributed by atoms with E-state index in [4.69, 9.17) is 5.11 Å². The number of aliphatic hydroxyl groups excluding tert-OH is 5. The smallest absolute Gasteiger partial charge is 0.208 e. The van der Waals surface area contributed by atoms with Crippen LogP contribution in [0.4, 0.5) is 17.1 Å². The number of anilines is 3. The summed E-state index contributed by atoms with van der Waals surface area (Å²) in [5, 5.41) is 193. The van der Waals surface area contributed by atoms with Gasteiger partial charge in [-0.3, -0.25) is 4.90 Å². The van der Waals surface area contributed by atoms with Crippen LogP contribution in [0.5, 0.6) is 74.7 Å².